The van der Waals surface area contributed by atoms with Gasteiger partial charge in [0, 0.05) is 36.3 Å². The van der Waals surface area contributed by atoms with Crippen LogP contribution in [0.25, 0.3) is 11.4 Å². The minimum atomic E-state index is -0.506. The molecule has 3 aromatic rings. The van der Waals surface area contributed by atoms with E-state index < -0.39 is 5.41 Å². The van der Waals surface area contributed by atoms with E-state index in [0.717, 1.165) is 60.6 Å². The lowest BCUT2D eigenvalue weighted by Gasteiger charge is -2.41. The topological polar surface area (TPSA) is 134 Å². The van der Waals surface area contributed by atoms with Crippen LogP contribution in [-0.2, 0) is 28.5 Å². The highest BCUT2D eigenvalue weighted by Crippen LogP contribution is 2.50. The first-order valence-corrected chi connectivity index (χ1v) is 15.9. The molecule has 3 aromatic heterocycles. The van der Waals surface area contributed by atoms with E-state index in [4.69, 9.17) is 10.7 Å². The van der Waals surface area contributed by atoms with Gasteiger partial charge >= 0.3 is 0 Å². The molecule has 216 valence electrons. The minimum Gasteiger partial charge on any atom is -0.368 e. The highest BCUT2D eigenvalue weighted by molar-refractivity contribution is 7.09. The number of nitrogens with one attached hydrogen (secondary N) is 1. The molecule has 0 aromatic carbocycles. The zero-order valence-electron chi connectivity index (χ0n) is 23.9. The van der Waals surface area contributed by atoms with Crippen molar-refractivity contribution >= 4 is 29.0 Å². The van der Waals surface area contributed by atoms with Crippen molar-refractivity contribution in [3.8, 4) is 11.4 Å². The number of nitrogens with zero attached hydrogens (tertiary/aromatic N) is 6. The second kappa shape index (κ2) is 9.97. The number of nitrogens with two attached hydrogens (primary N) is 1. The zero-order valence-corrected chi connectivity index (χ0v) is 24.7. The van der Waals surface area contributed by atoms with E-state index in [1.54, 1.807) is 6.20 Å². The molecule has 0 unspecified atom stereocenters. The van der Waals surface area contributed by atoms with Gasteiger partial charge in [-0.05, 0) is 69.0 Å². The Morgan fingerprint density at radius 1 is 1.07 bits per heavy atom. The van der Waals surface area contributed by atoms with Crippen molar-refractivity contribution in [1.29, 1.82) is 0 Å². The number of likely N-dealkylation sites (tertiary alicyclic amines) is 2. The van der Waals surface area contributed by atoms with Gasteiger partial charge in [-0.3, -0.25) is 14.7 Å². The largest absolute Gasteiger partial charge is 0.368 e. The van der Waals surface area contributed by atoms with Gasteiger partial charge in [0.2, 0.25) is 11.9 Å². The lowest BCUT2D eigenvalue weighted by molar-refractivity contribution is -0.135. The lowest BCUT2D eigenvalue weighted by Crippen LogP contribution is -2.50. The Bertz CT molecular complexity index is 1490. The van der Waals surface area contributed by atoms with Gasteiger partial charge in [0.15, 0.2) is 5.78 Å². The van der Waals surface area contributed by atoms with E-state index in [1.807, 2.05) is 5.38 Å². The number of carbonyl (C=O) groups excluding carboxylic acids is 2. The Hall–Kier alpha value is -3.18. The number of H-pyrrole nitrogens is 1. The molecule has 2 saturated heterocycles. The standard InChI is InChI=1S/C30H38N8O2S/c1-29(2)15-18-16-32-28(31)34-24(18)26-23(29)25(35-36-26)20(39)14-22-33-21(17-41-22)30(8-9-30)27(40)38-12-6-19(7-13-38)37-10-4-3-5-11-37/h16-17,19H,3-15H2,1-2H3,(H,35,36)(H2,31,32,34). The summed E-state index contributed by atoms with van der Waals surface area (Å²) in [7, 11) is 0. The fourth-order valence-corrected chi connectivity index (χ4v) is 8.15. The van der Waals surface area contributed by atoms with E-state index in [1.165, 1.54) is 43.7 Å². The quantitative estimate of drug-likeness (QED) is 0.426. The summed E-state index contributed by atoms with van der Waals surface area (Å²) in [5.41, 5.74) is 9.56. The van der Waals surface area contributed by atoms with E-state index in [0.29, 0.717) is 29.5 Å². The third-order valence-electron chi connectivity index (χ3n) is 9.63. The number of fused-ring (bicyclic) bond motifs is 3. The van der Waals surface area contributed by atoms with Crippen LogP contribution in [0.3, 0.4) is 0 Å². The summed E-state index contributed by atoms with van der Waals surface area (Å²) >= 11 is 1.47. The number of thiazole rings is 1. The second-order valence-corrected chi connectivity index (χ2v) is 13.9. The van der Waals surface area contributed by atoms with E-state index >= 15 is 0 Å². The minimum absolute atomic E-state index is 0.0610. The predicted molar refractivity (Wildman–Crippen MR) is 157 cm³/mol. The molecule has 3 fully saturated rings. The molecule has 5 heterocycles. The number of piperidine rings is 2. The Labute approximate surface area is 244 Å². The molecule has 1 saturated carbocycles. The van der Waals surface area contributed by atoms with Crippen LogP contribution in [0.4, 0.5) is 5.95 Å². The molecule has 4 aliphatic rings. The zero-order chi connectivity index (χ0) is 28.4. The van der Waals surface area contributed by atoms with E-state index in [9.17, 15) is 9.59 Å². The first kappa shape index (κ1) is 26.7. The van der Waals surface area contributed by atoms with Crippen LogP contribution >= 0.6 is 11.3 Å². The molecule has 11 heteroatoms. The smallest absolute Gasteiger partial charge is 0.234 e. The van der Waals surface area contributed by atoms with Crippen molar-refractivity contribution < 1.29 is 9.59 Å². The maximum absolute atomic E-state index is 13.7. The van der Waals surface area contributed by atoms with Crippen molar-refractivity contribution in [2.45, 2.75) is 88.5 Å². The third kappa shape index (κ3) is 4.67. The number of rotatable bonds is 6. The van der Waals surface area contributed by atoms with Crippen LogP contribution in [-0.4, -0.2) is 78.9 Å². The van der Waals surface area contributed by atoms with Crippen LogP contribution < -0.4 is 5.73 Å². The van der Waals surface area contributed by atoms with Crippen LogP contribution in [0.1, 0.15) is 91.1 Å². The summed E-state index contributed by atoms with van der Waals surface area (Å²) in [6, 6.07) is 0.614. The Kier molecular flexibility index (Phi) is 6.50. The number of ketones is 1. The van der Waals surface area contributed by atoms with Gasteiger partial charge < -0.3 is 15.5 Å². The Morgan fingerprint density at radius 2 is 1.83 bits per heavy atom. The van der Waals surface area contributed by atoms with Gasteiger partial charge in [0.1, 0.15) is 16.4 Å². The van der Waals surface area contributed by atoms with Crippen molar-refractivity contribution in [3.05, 3.63) is 39.1 Å². The van der Waals surface area contributed by atoms with E-state index in [-0.39, 0.29) is 29.5 Å². The number of hydrogen-bond acceptors (Lipinski definition) is 9. The van der Waals surface area contributed by atoms with Gasteiger partial charge in [0.05, 0.1) is 23.2 Å². The molecule has 0 spiro atoms. The number of amides is 1. The molecule has 0 bridgehead atoms. The normalized spacial score (nSPS) is 21.8. The van der Waals surface area contributed by atoms with Crippen LogP contribution in [0.15, 0.2) is 11.6 Å². The highest BCUT2D eigenvalue weighted by Gasteiger charge is 2.55. The average molecular weight is 575 g/mol. The first-order chi connectivity index (χ1) is 19.7. The van der Waals surface area contributed by atoms with Gasteiger partial charge in [-0.2, -0.15) is 5.10 Å². The maximum Gasteiger partial charge on any atom is 0.234 e. The molecule has 0 atom stereocenters. The molecule has 41 heavy (non-hydrogen) atoms. The molecule has 0 radical (unpaired) electrons. The second-order valence-electron chi connectivity index (χ2n) is 12.9. The summed E-state index contributed by atoms with van der Waals surface area (Å²) in [4.78, 5) is 45.5. The van der Waals surface area contributed by atoms with Crippen molar-refractivity contribution in [2.24, 2.45) is 0 Å². The molecule has 2 aliphatic heterocycles. The van der Waals surface area contributed by atoms with E-state index in [2.05, 4.69) is 43.8 Å². The molecule has 7 rings (SSSR count). The van der Waals surface area contributed by atoms with Gasteiger partial charge in [-0.1, -0.05) is 20.3 Å². The third-order valence-corrected chi connectivity index (χ3v) is 10.5. The number of nitrogen functional groups attached to an aromatic ring is 1. The average Bonchev–Trinajstić information content (AvgIpc) is 3.41. The summed E-state index contributed by atoms with van der Waals surface area (Å²) in [5, 5.41) is 10.2. The van der Waals surface area contributed by atoms with Crippen LogP contribution in [0.5, 0.6) is 0 Å². The molecule has 3 N–H and O–H groups in total. The number of anilines is 1. The monoisotopic (exact) mass is 574 g/mol. The number of carbonyl (C=O) groups is 2. The Morgan fingerprint density at radius 3 is 2.56 bits per heavy atom. The fourth-order valence-electron chi connectivity index (χ4n) is 7.26. The number of aromatic nitrogens is 5. The number of hydrogen-bond donors (Lipinski definition) is 2. The summed E-state index contributed by atoms with van der Waals surface area (Å²) in [6.45, 7) is 8.29. The van der Waals surface area contributed by atoms with Crippen LogP contribution in [0.2, 0.25) is 0 Å². The van der Waals surface area contributed by atoms with Crippen molar-refractivity contribution in [2.75, 3.05) is 31.9 Å². The summed E-state index contributed by atoms with van der Waals surface area (Å²) in [6.07, 6.45) is 10.4. The first-order valence-electron chi connectivity index (χ1n) is 15.0. The highest BCUT2D eigenvalue weighted by atomic mass is 32.1. The van der Waals surface area contributed by atoms with Crippen molar-refractivity contribution in [3.63, 3.8) is 0 Å². The summed E-state index contributed by atoms with van der Waals surface area (Å²) < 4.78 is 0. The van der Waals surface area contributed by atoms with Gasteiger partial charge in [-0.15, -0.1) is 11.3 Å². The Balaban J connectivity index is 1.05. The fraction of sp³-hybridized carbons (Fsp3) is 0.600. The maximum atomic E-state index is 13.7. The molecular weight excluding hydrogens is 536 g/mol. The van der Waals surface area contributed by atoms with Crippen LogP contribution in [0, 0.1) is 0 Å². The predicted octanol–water partition coefficient (Wildman–Crippen LogP) is 3.67. The van der Waals surface area contributed by atoms with Gasteiger partial charge in [-0.25, -0.2) is 15.0 Å². The SMILES string of the molecule is CC1(C)Cc2cnc(N)nc2-c2n[nH]c(C(=O)Cc3nc(C4(C(=O)N5CCC(N6CCCCC6)CC5)CC4)cs3)c21. The lowest BCUT2D eigenvalue weighted by atomic mass is 9.73. The summed E-state index contributed by atoms with van der Waals surface area (Å²) in [5.74, 6) is 0.353. The molecule has 1 amide bonds. The number of aromatic amines is 1. The molecular formula is C30H38N8O2S. The van der Waals surface area contributed by atoms with Gasteiger partial charge in [0.25, 0.3) is 0 Å². The number of Topliss-reactive ketones (excluding diaryl/α,β-unsaturated/α-hetero) is 1. The molecule has 2 aliphatic carbocycles. The van der Waals surface area contributed by atoms with Crippen molar-refractivity contribution in [1.82, 2.24) is 34.9 Å². The molecule has 10 nitrogen and oxygen atoms in total.